The largest absolute Gasteiger partial charge is 0.382 e. The van der Waals surface area contributed by atoms with Gasteiger partial charge in [-0.05, 0) is 6.07 Å². The number of hydrogen-bond acceptors (Lipinski definition) is 5. The zero-order valence-electron chi connectivity index (χ0n) is 8.38. The molecule has 0 atom stereocenters. The molecule has 15 heavy (non-hydrogen) atoms. The predicted molar refractivity (Wildman–Crippen MR) is 58.6 cm³/mol. The Kier molecular flexibility index (Phi) is 2.98. The maximum atomic E-state index is 5.52. The Morgan fingerprint density at radius 2 is 2.47 bits per heavy atom. The Morgan fingerprint density at radius 1 is 1.60 bits per heavy atom. The van der Waals surface area contributed by atoms with Gasteiger partial charge in [0.05, 0.1) is 18.8 Å². The Labute approximate surface area is 91.5 Å². The van der Waals surface area contributed by atoms with E-state index < -0.39 is 0 Å². The minimum Gasteiger partial charge on any atom is -0.382 e. The van der Waals surface area contributed by atoms with Gasteiger partial charge >= 0.3 is 0 Å². The van der Waals surface area contributed by atoms with Crippen LogP contribution in [-0.4, -0.2) is 21.9 Å². The van der Waals surface area contributed by atoms with Crippen molar-refractivity contribution in [3.05, 3.63) is 28.3 Å². The van der Waals surface area contributed by atoms with E-state index in [1.807, 2.05) is 11.6 Å². The van der Waals surface area contributed by atoms with E-state index in [2.05, 4.69) is 10.1 Å². The van der Waals surface area contributed by atoms with Gasteiger partial charge in [0.25, 0.3) is 0 Å². The lowest BCUT2D eigenvalue weighted by molar-refractivity contribution is 0.184. The highest BCUT2D eigenvalue weighted by Gasteiger charge is 2.03. The number of rotatable bonds is 4. The lowest BCUT2D eigenvalue weighted by Gasteiger charge is -1.96. The van der Waals surface area contributed by atoms with E-state index in [4.69, 9.17) is 10.5 Å². The second-order valence-electron chi connectivity index (χ2n) is 3.10. The molecule has 0 radical (unpaired) electrons. The fourth-order valence-corrected chi connectivity index (χ4v) is 2.00. The Bertz CT molecular complexity index is 437. The van der Waals surface area contributed by atoms with Gasteiger partial charge in [-0.1, -0.05) is 0 Å². The summed E-state index contributed by atoms with van der Waals surface area (Å²) in [5.41, 5.74) is 6.50. The lowest BCUT2D eigenvalue weighted by atomic mass is 10.5. The Hall–Kier alpha value is -1.40. The van der Waals surface area contributed by atoms with Crippen molar-refractivity contribution < 1.29 is 4.74 Å². The number of nitrogens with zero attached hydrogens (tertiary/aromatic N) is 3. The smallest absolute Gasteiger partial charge is 0.145 e. The van der Waals surface area contributed by atoms with Crippen molar-refractivity contribution in [2.75, 3.05) is 12.8 Å². The summed E-state index contributed by atoms with van der Waals surface area (Å²) < 4.78 is 6.77. The van der Waals surface area contributed by atoms with Crippen molar-refractivity contribution in [2.24, 2.45) is 0 Å². The van der Waals surface area contributed by atoms with Crippen molar-refractivity contribution in [1.82, 2.24) is 14.8 Å². The van der Waals surface area contributed by atoms with Gasteiger partial charge in [-0.2, -0.15) is 5.10 Å². The number of thiazole rings is 1. The molecule has 0 aromatic carbocycles. The third kappa shape index (κ3) is 2.54. The molecule has 0 saturated heterocycles. The molecular weight excluding hydrogens is 212 g/mol. The standard InChI is InChI=1S/C9H12N4OS/c1-14-5-9-11-7(6-15-9)4-13-3-2-8(10)12-13/h2-3,6H,4-5H2,1H3,(H2,10,12). The summed E-state index contributed by atoms with van der Waals surface area (Å²) in [6.45, 7) is 1.21. The fourth-order valence-electron chi connectivity index (χ4n) is 1.24. The van der Waals surface area contributed by atoms with Gasteiger partial charge in [0.15, 0.2) is 0 Å². The van der Waals surface area contributed by atoms with E-state index in [0.717, 1.165) is 10.7 Å². The third-order valence-corrected chi connectivity index (χ3v) is 2.72. The van der Waals surface area contributed by atoms with Crippen LogP contribution in [0.3, 0.4) is 0 Å². The van der Waals surface area contributed by atoms with Crippen molar-refractivity contribution in [3.8, 4) is 0 Å². The van der Waals surface area contributed by atoms with Gasteiger partial charge in [-0.25, -0.2) is 4.98 Å². The van der Waals surface area contributed by atoms with Gasteiger partial charge < -0.3 is 10.5 Å². The maximum absolute atomic E-state index is 5.52. The fraction of sp³-hybridized carbons (Fsp3) is 0.333. The average Bonchev–Trinajstić information content (AvgIpc) is 2.78. The quantitative estimate of drug-likeness (QED) is 0.845. The monoisotopic (exact) mass is 224 g/mol. The average molecular weight is 224 g/mol. The molecule has 0 fully saturated rings. The summed E-state index contributed by atoms with van der Waals surface area (Å²) in [5.74, 6) is 0.530. The molecule has 6 heteroatoms. The molecule has 0 aliphatic heterocycles. The summed E-state index contributed by atoms with van der Waals surface area (Å²) in [5, 5.41) is 7.07. The minimum atomic E-state index is 0.530. The van der Waals surface area contributed by atoms with E-state index >= 15 is 0 Å². The normalized spacial score (nSPS) is 10.7. The summed E-state index contributed by atoms with van der Waals surface area (Å²) in [7, 11) is 1.66. The molecule has 0 amide bonds. The van der Waals surface area contributed by atoms with Gasteiger partial charge in [-0.3, -0.25) is 4.68 Å². The van der Waals surface area contributed by atoms with E-state index in [-0.39, 0.29) is 0 Å². The number of nitrogen functional groups attached to an aromatic ring is 1. The highest BCUT2D eigenvalue weighted by Crippen LogP contribution is 2.11. The van der Waals surface area contributed by atoms with E-state index in [9.17, 15) is 0 Å². The van der Waals surface area contributed by atoms with Crippen LogP contribution in [0, 0.1) is 0 Å². The summed E-state index contributed by atoms with van der Waals surface area (Å²) in [4.78, 5) is 4.40. The van der Waals surface area contributed by atoms with E-state index in [0.29, 0.717) is 19.0 Å². The second-order valence-corrected chi connectivity index (χ2v) is 4.05. The van der Waals surface area contributed by atoms with Crippen molar-refractivity contribution >= 4 is 17.2 Å². The molecule has 80 valence electrons. The van der Waals surface area contributed by atoms with Gasteiger partial charge in [0.2, 0.25) is 0 Å². The topological polar surface area (TPSA) is 66.0 Å². The highest BCUT2D eigenvalue weighted by atomic mass is 32.1. The SMILES string of the molecule is COCc1nc(Cn2ccc(N)n2)cs1. The van der Waals surface area contributed by atoms with Crippen molar-refractivity contribution in [2.45, 2.75) is 13.2 Å². The van der Waals surface area contributed by atoms with Crippen LogP contribution in [0.4, 0.5) is 5.82 Å². The number of hydrogen-bond donors (Lipinski definition) is 1. The predicted octanol–water partition coefficient (Wildman–Crippen LogP) is 1.12. The molecule has 2 N–H and O–H groups in total. The molecule has 2 aromatic heterocycles. The zero-order chi connectivity index (χ0) is 10.7. The van der Waals surface area contributed by atoms with Gasteiger partial charge in [0, 0.05) is 18.7 Å². The number of methoxy groups -OCH3 is 1. The molecule has 0 saturated carbocycles. The Morgan fingerprint density at radius 3 is 3.13 bits per heavy atom. The molecule has 2 aromatic rings. The second kappa shape index (κ2) is 4.41. The van der Waals surface area contributed by atoms with Crippen LogP contribution >= 0.6 is 11.3 Å². The zero-order valence-corrected chi connectivity index (χ0v) is 9.20. The van der Waals surface area contributed by atoms with Crippen LogP contribution < -0.4 is 5.73 Å². The maximum Gasteiger partial charge on any atom is 0.145 e. The van der Waals surface area contributed by atoms with Crippen LogP contribution in [0.5, 0.6) is 0 Å². The van der Waals surface area contributed by atoms with Crippen molar-refractivity contribution in [1.29, 1.82) is 0 Å². The van der Waals surface area contributed by atoms with Gasteiger partial charge in [0.1, 0.15) is 10.8 Å². The molecule has 2 rings (SSSR count). The minimum absolute atomic E-state index is 0.530. The molecule has 5 nitrogen and oxygen atoms in total. The van der Waals surface area contributed by atoms with E-state index in [1.165, 1.54) is 0 Å². The first-order valence-corrected chi connectivity index (χ1v) is 5.37. The molecule has 0 bridgehead atoms. The first kappa shape index (κ1) is 10.1. The molecule has 0 unspecified atom stereocenters. The molecule has 2 heterocycles. The molecular formula is C9H12N4OS. The first-order chi connectivity index (χ1) is 7.28. The summed E-state index contributed by atoms with van der Waals surface area (Å²) >= 11 is 1.59. The van der Waals surface area contributed by atoms with Crippen LogP contribution in [0.15, 0.2) is 17.6 Å². The summed E-state index contributed by atoms with van der Waals surface area (Å²) in [6, 6.07) is 1.77. The van der Waals surface area contributed by atoms with Crippen LogP contribution in [0.1, 0.15) is 10.7 Å². The highest BCUT2D eigenvalue weighted by molar-refractivity contribution is 7.09. The van der Waals surface area contributed by atoms with Crippen LogP contribution in [-0.2, 0) is 17.9 Å². The first-order valence-electron chi connectivity index (χ1n) is 4.49. The van der Waals surface area contributed by atoms with Gasteiger partial charge in [-0.15, -0.1) is 11.3 Å². The van der Waals surface area contributed by atoms with Crippen molar-refractivity contribution in [3.63, 3.8) is 0 Å². The number of anilines is 1. The van der Waals surface area contributed by atoms with E-state index in [1.54, 1.807) is 29.2 Å². The Balaban J connectivity index is 2.04. The van der Waals surface area contributed by atoms with Crippen LogP contribution in [0.25, 0.3) is 0 Å². The number of ether oxygens (including phenoxy) is 1. The molecule has 0 aliphatic carbocycles. The summed E-state index contributed by atoms with van der Waals surface area (Å²) in [6.07, 6.45) is 1.84. The molecule has 0 spiro atoms. The number of nitrogens with two attached hydrogens (primary N) is 1. The lowest BCUT2D eigenvalue weighted by Crippen LogP contribution is -2.01. The van der Waals surface area contributed by atoms with Crippen LogP contribution in [0.2, 0.25) is 0 Å². The molecule has 0 aliphatic rings. The number of aromatic nitrogens is 3. The third-order valence-electron chi connectivity index (χ3n) is 1.85.